The van der Waals surface area contributed by atoms with E-state index in [0.29, 0.717) is 11.4 Å². The Kier molecular flexibility index (Phi) is 4.71. The summed E-state index contributed by atoms with van der Waals surface area (Å²) in [4.78, 5) is 2.29. The molecule has 0 unspecified atom stereocenters. The normalized spacial score (nSPS) is 10.9. The summed E-state index contributed by atoms with van der Waals surface area (Å²) in [6, 6.07) is 15.5. The first-order valence-corrected chi connectivity index (χ1v) is 6.85. The van der Waals surface area contributed by atoms with E-state index >= 15 is 0 Å². The van der Waals surface area contributed by atoms with Gasteiger partial charge in [0.05, 0.1) is 11.4 Å². The predicted octanol–water partition coefficient (Wildman–Crippen LogP) is 4.53. The third kappa shape index (κ3) is 3.35. The van der Waals surface area contributed by atoms with Crippen LogP contribution in [-0.4, -0.2) is 13.1 Å². The molecule has 0 amide bonds. The largest absolute Gasteiger partial charge is 0.397 e. The number of anilines is 2. The molecule has 0 aliphatic carbocycles. The Hall–Kier alpha value is -2.36. The Bertz CT molecular complexity index is 571. The number of para-hydroxylation sites is 1. The van der Waals surface area contributed by atoms with Crippen LogP contribution in [0.1, 0.15) is 13.8 Å². The Morgan fingerprint density at radius 1 is 0.900 bits per heavy atom. The van der Waals surface area contributed by atoms with Crippen LogP contribution in [0.2, 0.25) is 0 Å². The van der Waals surface area contributed by atoms with E-state index in [1.165, 1.54) is 5.69 Å². The van der Waals surface area contributed by atoms with Gasteiger partial charge in [0, 0.05) is 18.8 Å². The molecule has 2 N–H and O–H groups in total. The first kappa shape index (κ1) is 14.1. The Balaban J connectivity index is 2.13. The van der Waals surface area contributed by atoms with Gasteiger partial charge >= 0.3 is 0 Å². The van der Waals surface area contributed by atoms with Gasteiger partial charge in [-0.05, 0) is 50.2 Å². The Morgan fingerprint density at radius 3 is 2.15 bits per heavy atom. The molecule has 4 heteroatoms. The van der Waals surface area contributed by atoms with Crippen LogP contribution in [-0.2, 0) is 0 Å². The van der Waals surface area contributed by atoms with Gasteiger partial charge in [0.1, 0.15) is 5.69 Å². The highest BCUT2D eigenvalue weighted by atomic mass is 15.1. The highest BCUT2D eigenvalue weighted by Gasteiger charge is 2.01. The fourth-order valence-corrected chi connectivity index (χ4v) is 2.01. The van der Waals surface area contributed by atoms with Crippen LogP contribution in [0.25, 0.3) is 0 Å². The number of nitrogens with two attached hydrogens (primary N) is 1. The molecule has 104 valence electrons. The van der Waals surface area contributed by atoms with E-state index in [1.807, 2.05) is 36.4 Å². The summed E-state index contributed by atoms with van der Waals surface area (Å²) >= 11 is 0. The summed E-state index contributed by atoms with van der Waals surface area (Å²) in [7, 11) is 0. The quantitative estimate of drug-likeness (QED) is 0.639. The molecule has 0 fully saturated rings. The van der Waals surface area contributed by atoms with Gasteiger partial charge in [-0.3, -0.25) is 0 Å². The van der Waals surface area contributed by atoms with E-state index in [-0.39, 0.29) is 0 Å². The highest BCUT2D eigenvalue weighted by molar-refractivity contribution is 5.61. The predicted molar refractivity (Wildman–Crippen MR) is 85.0 cm³/mol. The molecule has 0 aromatic heterocycles. The molecule has 4 nitrogen and oxygen atoms in total. The lowest BCUT2D eigenvalue weighted by molar-refractivity contribution is 0.866. The Labute approximate surface area is 119 Å². The first-order chi connectivity index (χ1) is 9.74. The van der Waals surface area contributed by atoms with Crippen LogP contribution in [0.3, 0.4) is 0 Å². The maximum absolute atomic E-state index is 5.82. The molecular weight excluding hydrogens is 248 g/mol. The number of nitrogens with zero attached hydrogens (tertiary/aromatic N) is 3. The number of azo groups is 1. The molecule has 2 rings (SSSR count). The minimum Gasteiger partial charge on any atom is -0.397 e. The summed E-state index contributed by atoms with van der Waals surface area (Å²) in [5.41, 5.74) is 9.18. The molecule has 20 heavy (non-hydrogen) atoms. The molecule has 0 aliphatic rings. The average Bonchev–Trinajstić information content (AvgIpc) is 2.49. The van der Waals surface area contributed by atoms with Crippen molar-refractivity contribution in [2.75, 3.05) is 23.7 Å². The fraction of sp³-hybridized carbons (Fsp3) is 0.250. The number of hydrogen-bond donors (Lipinski definition) is 1. The summed E-state index contributed by atoms with van der Waals surface area (Å²) in [5, 5.41) is 8.39. The van der Waals surface area contributed by atoms with Crippen molar-refractivity contribution in [2.45, 2.75) is 13.8 Å². The number of rotatable bonds is 5. The SMILES string of the molecule is CCN(CC)c1ccc(N=Nc2ccccc2N)cc1. The molecule has 0 saturated heterocycles. The topological polar surface area (TPSA) is 54.0 Å². The number of benzene rings is 2. The first-order valence-electron chi connectivity index (χ1n) is 6.85. The third-order valence-corrected chi connectivity index (χ3v) is 3.19. The highest BCUT2D eigenvalue weighted by Crippen LogP contribution is 2.25. The van der Waals surface area contributed by atoms with Gasteiger partial charge in [-0.25, -0.2) is 0 Å². The smallest absolute Gasteiger partial charge is 0.109 e. The van der Waals surface area contributed by atoms with E-state index < -0.39 is 0 Å². The molecule has 2 aromatic carbocycles. The van der Waals surface area contributed by atoms with Gasteiger partial charge in [-0.15, -0.1) is 5.11 Å². The van der Waals surface area contributed by atoms with Crippen molar-refractivity contribution in [1.82, 2.24) is 0 Å². The molecule has 0 atom stereocenters. The van der Waals surface area contributed by atoms with E-state index in [4.69, 9.17) is 5.73 Å². The summed E-state index contributed by atoms with van der Waals surface area (Å²) < 4.78 is 0. The van der Waals surface area contributed by atoms with Crippen molar-refractivity contribution < 1.29 is 0 Å². The molecule has 0 radical (unpaired) electrons. The fourth-order valence-electron chi connectivity index (χ4n) is 2.01. The second-order valence-corrected chi connectivity index (χ2v) is 4.45. The van der Waals surface area contributed by atoms with E-state index in [0.717, 1.165) is 18.8 Å². The van der Waals surface area contributed by atoms with Crippen LogP contribution in [0.15, 0.2) is 58.8 Å². The second kappa shape index (κ2) is 6.70. The lowest BCUT2D eigenvalue weighted by Crippen LogP contribution is -2.21. The second-order valence-electron chi connectivity index (χ2n) is 4.45. The molecular formula is C16H20N4. The van der Waals surface area contributed by atoms with Gasteiger partial charge in [0.25, 0.3) is 0 Å². The molecule has 0 aliphatic heterocycles. The van der Waals surface area contributed by atoms with Crippen LogP contribution in [0.5, 0.6) is 0 Å². The van der Waals surface area contributed by atoms with E-state index in [2.05, 4.69) is 41.1 Å². The van der Waals surface area contributed by atoms with Crippen LogP contribution < -0.4 is 10.6 Å². The van der Waals surface area contributed by atoms with Crippen molar-refractivity contribution in [3.05, 3.63) is 48.5 Å². The lowest BCUT2D eigenvalue weighted by atomic mass is 10.2. The van der Waals surface area contributed by atoms with Gasteiger partial charge in [-0.1, -0.05) is 12.1 Å². The van der Waals surface area contributed by atoms with Gasteiger partial charge in [0.2, 0.25) is 0 Å². The average molecular weight is 268 g/mol. The zero-order chi connectivity index (χ0) is 14.4. The molecule has 0 saturated carbocycles. The van der Waals surface area contributed by atoms with Crippen LogP contribution in [0.4, 0.5) is 22.7 Å². The standard InChI is InChI=1S/C16H20N4/c1-3-20(4-2)14-11-9-13(10-12-14)18-19-16-8-6-5-7-15(16)17/h5-12H,3-4,17H2,1-2H3. The summed E-state index contributed by atoms with van der Waals surface area (Å²) in [5.74, 6) is 0. The minimum atomic E-state index is 0.635. The van der Waals surface area contributed by atoms with E-state index in [1.54, 1.807) is 0 Å². The van der Waals surface area contributed by atoms with Crippen LogP contribution >= 0.6 is 0 Å². The Morgan fingerprint density at radius 2 is 1.55 bits per heavy atom. The van der Waals surface area contributed by atoms with E-state index in [9.17, 15) is 0 Å². The monoisotopic (exact) mass is 268 g/mol. The van der Waals surface area contributed by atoms with Crippen LogP contribution in [0, 0.1) is 0 Å². The molecule has 0 spiro atoms. The maximum Gasteiger partial charge on any atom is 0.109 e. The summed E-state index contributed by atoms with van der Waals surface area (Å²) in [6.45, 7) is 6.29. The number of nitrogen functional groups attached to an aromatic ring is 1. The van der Waals surface area contributed by atoms with Crippen molar-refractivity contribution in [3.63, 3.8) is 0 Å². The van der Waals surface area contributed by atoms with Crippen molar-refractivity contribution in [3.8, 4) is 0 Å². The third-order valence-electron chi connectivity index (χ3n) is 3.19. The lowest BCUT2D eigenvalue weighted by Gasteiger charge is -2.20. The zero-order valence-electron chi connectivity index (χ0n) is 12.0. The zero-order valence-corrected chi connectivity index (χ0v) is 12.0. The molecule has 0 bridgehead atoms. The van der Waals surface area contributed by atoms with Gasteiger partial charge < -0.3 is 10.6 Å². The van der Waals surface area contributed by atoms with Gasteiger partial charge in [0.15, 0.2) is 0 Å². The molecule has 2 aromatic rings. The van der Waals surface area contributed by atoms with Gasteiger partial charge in [-0.2, -0.15) is 5.11 Å². The maximum atomic E-state index is 5.82. The molecule has 0 heterocycles. The minimum absolute atomic E-state index is 0.635. The summed E-state index contributed by atoms with van der Waals surface area (Å²) in [6.07, 6.45) is 0. The number of hydrogen-bond acceptors (Lipinski definition) is 4. The van der Waals surface area contributed by atoms with Crippen molar-refractivity contribution in [2.24, 2.45) is 10.2 Å². The van der Waals surface area contributed by atoms with Crippen molar-refractivity contribution in [1.29, 1.82) is 0 Å². The van der Waals surface area contributed by atoms with Crippen molar-refractivity contribution >= 4 is 22.7 Å².